The average molecular weight is 541 g/mol. The lowest BCUT2D eigenvalue weighted by Gasteiger charge is -2.39. The minimum absolute atomic E-state index is 0.0509. The summed E-state index contributed by atoms with van der Waals surface area (Å²) in [6.45, 7) is 6.60. The van der Waals surface area contributed by atoms with Crippen LogP contribution in [0, 0.1) is 17.8 Å². The standard InChI is InChI=1S/C34H37O4P/c1-23(2)28-20-19-24(3)21-31(28)38-39(37,27-17-11-6-12-18-27)34-32(26-15-9-5-10-16-26)30(35)22-29(33(34)36)25-13-7-4-8-14-25/h4-18,22-24,28,31,35-36H,19-21H2,1-3H3/t24-,28+,31-,39+/m1/s1. The molecule has 4 atom stereocenters. The van der Waals surface area contributed by atoms with E-state index in [-0.39, 0.29) is 28.8 Å². The maximum atomic E-state index is 15.6. The minimum Gasteiger partial charge on any atom is -0.507 e. The van der Waals surface area contributed by atoms with Crippen LogP contribution in [0.5, 0.6) is 11.5 Å². The van der Waals surface area contributed by atoms with Crippen LogP contribution in [-0.4, -0.2) is 16.3 Å². The third-order valence-electron chi connectivity index (χ3n) is 8.04. The van der Waals surface area contributed by atoms with Crippen molar-refractivity contribution < 1.29 is 19.3 Å². The molecule has 1 fully saturated rings. The first-order valence-corrected chi connectivity index (χ1v) is 15.5. The van der Waals surface area contributed by atoms with Crippen LogP contribution in [0.2, 0.25) is 0 Å². The summed E-state index contributed by atoms with van der Waals surface area (Å²) >= 11 is 0. The highest BCUT2D eigenvalue weighted by Crippen LogP contribution is 2.56. The molecule has 0 radical (unpaired) electrons. The predicted molar refractivity (Wildman–Crippen MR) is 160 cm³/mol. The lowest BCUT2D eigenvalue weighted by atomic mass is 9.75. The Balaban J connectivity index is 1.81. The molecular weight excluding hydrogens is 503 g/mol. The van der Waals surface area contributed by atoms with Crippen LogP contribution < -0.4 is 10.6 Å². The Morgan fingerprint density at radius 1 is 0.821 bits per heavy atom. The lowest BCUT2D eigenvalue weighted by Crippen LogP contribution is -2.36. The summed E-state index contributed by atoms with van der Waals surface area (Å²) in [6.07, 6.45) is 2.67. The van der Waals surface area contributed by atoms with Gasteiger partial charge in [-0.05, 0) is 59.9 Å². The summed E-state index contributed by atoms with van der Waals surface area (Å²) in [6, 6.07) is 29.5. The first-order chi connectivity index (χ1) is 18.8. The average Bonchev–Trinajstić information content (AvgIpc) is 2.95. The molecule has 39 heavy (non-hydrogen) atoms. The zero-order valence-electron chi connectivity index (χ0n) is 22.8. The lowest BCUT2D eigenvalue weighted by molar-refractivity contribution is 0.0514. The molecule has 1 aliphatic carbocycles. The molecule has 2 N–H and O–H groups in total. The monoisotopic (exact) mass is 540 g/mol. The van der Waals surface area contributed by atoms with Crippen molar-refractivity contribution in [3.8, 4) is 33.8 Å². The molecule has 1 saturated carbocycles. The van der Waals surface area contributed by atoms with E-state index in [1.807, 2.05) is 78.9 Å². The van der Waals surface area contributed by atoms with E-state index >= 15 is 4.57 Å². The van der Waals surface area contributed by atoms with Gasteiger partial charge in [-0.1, -0.05) is 106 Å². The summed E-state index contributed by atoms with van der Waals surface area (Å²) in [5.41, 5.74) is 2.14. The van der Waals surface area contributed by atoms with Gasteiger partial charge in [-0.2, -0.15) is 0 Å². The smallest absolute Gasteiger partial charge is 0.266 e. The molecule has 0 aromatic heterocycles. The maximum absolute atomic E-state index is 15.6. The molecular formula is C34H37O4P. The Kier molecular flexibility index (Phi) is 7.98. The molecule has 0 saturated heterocycles. The molecule has 0 unspecified atom stereocenters. The largest absolute Gasteiger partial charge is 0.507 e. The van der Waals surface area contributed by atoms with Gasteiger partial charge in [0.05, 0.1) is 11.4 Å². The van der Waals surface area contributed by atoms with Gasteiger partial charge in [0.25, 0.3) is 7.37 Å². The molecule has 1 aliphatic rings. The second kappa shape index (κ2) is 11.4. The van der Waals surface area contributed by atoms with Crippen LogP contribution in [0.3, 0.4) is 0 Å². The van der Waals surface area contributed by atoms with E-state index in [2.05, 4.69) is 20.8 Å². The van der Waals surface area contributed by atoms with Crippen molar-refractivity contribution in [3.05, 3.63) is 97.1 Å². The Morgan fingerprint density at radius 3 is 1.97 bits per heavy atom. The van der Waals surface area contributed by atoms with Gasteiger partial charge >= 0.3 is 0 Å². The fourth-order valence-electron chi connectivity index (χ4n) is 5.95. The molecule has 5 rings (SSSR count). The Hall–Kier alpha value is -3.33. The van der Waals surface area contributed by atoms with Gasteiger partial charge in [-0.15, -0.1) is 0 Å². The van der Waals surface area contributed by atoms with E-state index in [1.54, 1.807) is 18.2 Å². The molecule has 0 heterocycles. The van der Waals surface area contributed by atoms with E-state index in [9.17, 15) is 10.2 Å². The molecule has 5 heteroatoms. The number of aromatic hydroxyl groups is 2. The van der Waals surface area contributed by atoms with Crippen LogP contribution in [0.25, 0.3) is 22.3 Å². The number of hydrogen-bond donors (Lipinski definition) is 2. The zero-order chi connectivity index (χ0) is 27.6. The van der Waals surface area contributed by atoms with Crippen molar-refractivity contribution in [1.29, 1.82) is 0 Å². The third-order valence-corrected chi connectivity index (χ3v) is 10.6. The normalized spacial score (nSPS) is 21.0. The second-order valence-corrected chi connectivity index (χ2v) is 13.4. The molecule has 0 spiro atoms. The van der Waals surface area contributed by atoms with E-state index in [0.29, 0.717) is 33.8 Å². The van der Waals surface area contributed by atoms with Crippen molar-refractivity contribution in [3.63, 3.8) is 0 Å². The highest BCUT2D eigenvalue weighted by Gasteiger charge is 2.43. The number of phenols is 2. The molecule has 0 bridgehead atoms. The van der Waals surface area contributed by atoms with Gasteiger partial charge < -0.3 is 14.7 Å². The molecule has 0 aliphatic heterocycles. The van der Waals surface area contributed by atoms with Crippen LogP contribution in [0.1, 0.15) is 40.0 Å². The van der Waals surface area contributed by atoms with E-state index in [1.165, 1.54) is 0 Å². The Morgan fingerprint density at radius 2 is 1.38 bits per heavy atom. The summed E-state index contributed by atoms with van der Waals surface area (Å²) in [5, 5.41) is 24.2. The Labute approximate surface area is 231 Å². The van der Waals surface area contributed by atoms with Crippen LogP contribution >= 0.6 is 7.37 Å². The number of phenolic OH excluding ortho intramolecular Hbond substituents is 2. The van der Waals surface area contributed by atoms with Gasteiger partial charge in [0, 0.05) is 16.4 Å². The summed E-state index contributed by atoms with van der Waals surface area (Å²) in [4.78, 5) is 0. The predicted octanol–water partition coefficient (Wildman–Crippen LogP) is 8.14. The number of hydrogen-bond acceptors (Lipinski definition) is 4. The second-order valence-electron chi connectivity index (χ2n) is 11.1. The van der Waals surface area contributed by atoms with Crippen molar-refractivity contribution in [2.75, 3.05) is 0 Å². The zero-order valence-corrected chi connectivity index (χ0v) is 23.7. The van der Waals surface area contributed by atoms with Crippen molar-refractivity contribution in [2.24, 2.45) is 17.8 Å². The highest BCUT2D eigenvalue weighted by molar-refractivity contribution is 7.74. The molecule has 4 nitrogen and oxygen atoms in total. The molecule has 4 aromatic rings. The summed E-state index contributed by atoms with van der Waals surface area (Å²) in [5.74, 6) is 0.866. The minimum atomic E-state index is -3.92. The van der Waals surface area contributed by atoms with Gasteiger partial charge in [0.1, 0.15) is 11.5 Å². The van der Waals surface area contributed by atoms with Crippen LogP contribution in [0.4, 0.5) is 0 Å². The highest BCUT2D eigenvalue weighted by atomic mass is 31.2. The van der Waals surface area contributed by atoms with Crippen molar-refractivity contribution in [2.45, 2.75) is 46.1 Å². The molecule has 0 amide bonds. The van der Waals surface area contributed by atoms with Crippen molar-refractivity contribution >= 4 is 18.0 Å². The van der Waals surface area contributed by atoms with Crippen molar-refractivity contribution in [1.82, 2.24) is 0 Å². The topological polar surface area (TPSA) is 66.8 Å². The van der Waals surface area contributed by atoms with Crippen LogP contribution in [0.15, 0.2) is 97.1 Å². The van der Waals surface area contributed by atoms with Gasteiger partial charge in [-0.3, -0.25) is 4.57 Å². The van der Waals surface area contributed by atoms with E-state index < -0.39 is 7.37 Å². The summed E-state index contributed by atoms with van der Waals surface area (Å²) < 4.78 is 22.5. The fraction of sp³-hybridized carbons (Fsp3) is 0.294. The SMILES string of the molecule is CC(C)[C@@H]1CC[C@@H](C)C[C@H]1O[P@@](=O)(c1ccccc1)c1c(O)c(-c2ccccc2)cc(O)c1-c1ccccc1. The fourth-order valence-corrected chi connectivity index (χ4v) is 8.56. The van der Waals surface area contributed by atoms with Gasteiger partial charge in [0.15, 0.2) is 0 Å². The number of rotatable bonds is 7. The van der Waals surface area contributed by atoms with E-state index in [4.69, 9.17) is 4.52 Å². The van der Waals surface area contributed by atoms with Gasteiger partial charge in [0.2, 0.25) is 0 Å². The number of benzene rings is 4. The first kappa shape index (κ1) is 27.2. The Bertz CT molecular complexity index is 1450. The third kappa shape index (κ3) is 5.41. The van der Waals surface area contributed by atoms with E-state index in [0.717, 1.165) is 24.8 Å². The summed E-state index contributed by atoms with van der Waals surface area (Å²) in [7, 11) is -3.92. The maximum Gasteiger partial charge on any atom is 0.266 e. The quantitative estimate of drug-likeness (QED) is 0.183. The van der Waals surface area contributed by atoms with Crippen LogP contribution in [-0.2, 0) is 9.09 Å². The van der Waals surface area contributed by atoms with Gasteiger partial charge in [-0.25, -0.2) is 0 Å². The molecule has 202 valence electrons. The first-order valence-electron chi connectivity index (χ1n) is 13.8. The molecule has 4 aromatic carbocycles.